The van der Waals surface area contributed by atoms with Crippen molar-refractivity contribution in [3.8, 4) is 17.2 Å². The van der Waals surface area contributed by atoms with Gasteiger partial charge in [0.15, 0.2) is 18.1 Å². The number of nitrogens with zero attached hydrogens (tertiary/aromatic N) is 1. The van der Waals surface area contributed by atoms with Crippen LogP contribution in [0, 0.1) is 10.1 Å². The van der Waals surface area contributed by atoms with Crippen molar-refractivity contribution in [2.45, 2.75) is 0 Å². The summed E-state index contributed by atoms with van der Waals surface area (Å²) in [6.07, 6.45) is 0. The molecule has 0 saturated heterocycles. The molecule has 1 heterocycles. The van der Waals surface area contributed by atoms with Crippen LogP contribution in [-0.2, 0) is 9.53 Å². The maximum absolute atomic E-state index is 12.8. The summed E-state index contributed by atoms with van der Waals surface area (Å²) in [7, 11) is 2.85. The summed E-state index contributed by atoms with van der Waals surface area (Å²) in [6, 6.07) is 6.99. The van der Waals surface area contributed by atoms with Crippen LogP contribution in [0.3, 0.4) is 0 Å². The van der Waals surface area contributed by atoms with Gasteiger partial charge < -0.3 is 29.6 Å². The Morgan fingerprint density at radius 2 is 2.03 bits per heavy atom. The molecule has 1 aliphatic heterocycles. The van der Waals surface area contributed by atoms with Crippen molar-refractivity contribution in [3.63, 3.8) is 0 Å². The van der Waals surface area contributed by atoms with Crippen LogP contribution in [0.4, 0.5) is 17.1 Å². The van der Waals surface area contributed by atoms with Gasteiger partial charge in [-0.1, -0.05) is 0 Å². The molecule has 158 valence electrons. The van der Waals surface area contributed by atoms with E-state index < -0.39 is 16.5 Å². The number of hydrogen-bond acceptors (Lipinski definition) is 8. The Kier molecular flexibility index (Phi) is 6.32. The minimum absolute atomic E-state index is 0.0938. The van der Waals surface area contributed by atoms with Crippen molar-refractivity contribution in [3.05, 3.63) is 46.0 Å². The highest BCUT2D eigenvalue weighted by atomic mass is 16.6. The van der Waals surface area contributed by atoms with E-state index in [-0.39, 0.29) is 42.8 Å². The number of carbonyl (C=O) groups excluding carboxylic acids is 2. The number of nitro groups is 1. The molecule has 0 spiro atoms. The lowest BCUT2D eigenvalue weighted by Crippen LogP contribution is -2.25. The topological polar surface area (TPSA) is 138 Å². The number of benzene rings is 2. The van der Waals surface area contributed by atoms with Crippen molar-refractivity contribution in [2.24, 2.45) is 0 Å². The molecule has 1 aliphatic rings. The van der Waals surface area contributed by atoms with E-state index in [0.717, 1.165) is 6.07 Å². The Hall–Kier alpha value is -3.86. The second-order valence-electron chi connectivity index (χ2n) is 6.12. The molecular weight excluding hydrogens is 398 g/mol. The summed E-state index contributed by atoms with van der Waals surface area (Å²) in [6.45, 7) is 0.333. The lowest BCUT2D eigenvalue weighted by molar-refractivity contribution is -0.385. The van der Waals surface area contributed by atoms with Gasteiger partial charge in [0.25, 0.3) is 17.5 Å². The van der Waals surface area contributed by atoms with Gasteiger partial charge in [-0.3, -0.25) is 19.7 Å². The number of fused-ring (bicyclic) bond motifs is 1. The van der Waals surface area contributed by atoms with E-state index in [4.69, 9.17) is 18.9 Å². The molecule has 0 aliphatic carbocycles. The summed E-state index contributed by atoms with van der Waals surface area (Å²) >= 11 is 0. The zero-order valence-corrected chi connectivity index (χ0v) is 16.2. The van der Waals surface area contributed by atoms with E-state index in [1.54, 1.807) is 12.1 Å². The number of anilines is 2. The van der Waals surface area contributed by atoms with E-state index in [2.05, 4.69) is 10.6 Å². The molecule has 2 aromatic rings. The second kappa shape index (κ2) is 9.09. The molecule has 0 atom stereocenters. The largest absolute Gasteiger partial charge is 0.493 e. The number of amides is 2. The quantitative estimate of drug-likeness (QED) is 0.379. The van der Waals surface area contributed by atoms with Gasteiger partial charge in [0.1, 0.15) is 17.9 Å². The molecule has 2 N–H and O–H groups in total. The highest BCUT2D eigenvalue weighted by Gasteiger charge is 2.25. The molecular formula is C19H19N3O8. The molecule has 11 heteroatoms. The minimum atomic E-state index is -0.730. The number of nitrogens with one attached hydrogen (secondary N) is 2. The second-order valence-corrected chi connectivity index (χ2v) is 6.12. The fraction of sp³-hybridized carbons (Fsp3) is 0.263. The molecule has 2 aromatic carbocycles. The third kappa shape index (κ3) is 4.58. The molecule has 0 radical (unpaired) electrons. The van der Waals surface area contributed by atoms with Gasteiger partial charge >= 0.3 is 0 Å². The Balaban J connectivity index is 1.88. The monoisotopic (exact) mass is 417 g/mol. The van der Waals surface area contributed by atoms with Crippen LogP contribution in [-0.4, -0.2) is 50.8 Å². The van der Waals surface area contributed by atoms with Crippen molar-refractivity contribution in [2.75, 3.05) is 44.7 Å². The van der Waals surface area contributed by atoms with Crippen LogP contribution in [0.25, 0.3) is 0 Å². The molecule has 0 unspecified atom stereocenters. The molecule has 3 rings (SSSR count). The van der Waals surface area contributed by atoms with Crippen LogP contribution in [0.1, 0.15) is 10.4 Å². The number of carbonyl (C=O) groups is 2. The Bertz CT molecular complexity index is 992. The minimum Gasteiger partial charge on any atom is -0.493 e. The Morgan fingerprint density at radius 1 is 1.23 bits per heavy atom. The zero-order valence-electron chi connectivity index (χ0n) is 16.2. The molecule has 0 bridgehead atoms. The highest BCUT2D eigenvalue weighted by Crippen LogP contribution is 2.36. The molecule has 0 fully saturated rings. The van der Waals surface area contributed by atoms with Crippen molar-refractivity contribution in [1.82, 2.24) is 0 Å². The Morgan fingerprint density at radius 3 is 2.73 bits per heavy atom. The molecule has 11 nitrogen and oxygen atoms in total. The number of ether oxygens (including phenoxy) is 4. The van der Waals surface area contributed by atoms with Gasteiger partial charge in [-0.2, -0.15) is 0 Å². The molecule has 2 amide bonds. The lowest BCUT2D eigenvalue weighted by Gasteiger charge is -2.18. The van der Waals surface area contributed by atoms with Gasteiger partial charge in [-0.05, 0) is 18.2 Å². The molecule has 0 saturated carbocycles. The summed E-state index contributed by atoms with van der Waals surface area (Å²) in [4.78, 5) is 35.1. The Labute approximate surface area is 171 Å². The van der Waals surface area contributed by atoms with E-state index in [1.807, 2.05) is 0 Å². The van der Waals surface area contributed by atoms with Gasteiger partial charge in [0.05, 0.1) is 30.4 Å². The number of methoxy groups -OCH3 is 2. The first-order valence-corrected chi connectivity index (χ1v) is 8.79. The number of hydrogen-bond donors (Lipinski definition) is 2. The average molecular weight is 417 g/mol. The van der Waals surface area contributed by atoms with Crippen molar-refractivity contribution in [1.29, 1.82) is 0 Å². The molecule has 30 heavy (non-hydrogen) atoms. The van der Waals surface area contributed by atoms with E-state index in [9.17, 15) is 19.7 Å². The first kappa shape index (κ1) is 20.9. The first-order chi connectivity index (χ1) is 14.4. The van der Waals surface area contributed by atoms with Crippen LogP contribution in [0.5, 0.6) is 17.2 Å². The van der Waals surface area contributed by atoms with Gasteiger partial charge in [0.2, 0.25) is 0 Å². The predicted molar refractivity (Wildman–Crippen MR) is 106 cm³/mol. The van der Waals surface area contributed by atoms with E-state index in [1.165, 1.54) is 26.4 Å². The van der Waals surface area contributed by atoms with Gasteiger partial charge in [-0.15, -0.1) is 0 Å². The highest BCUT2D eigenvalue weighted by molar-refractivity contribution is 6.08. The SMILES string of the molecule is COCCOc1cc([N+](=O)[O-])c(C(=O)Nc2ccc3c(c2)NC(=O)CO3)cc1OC. The van der Waals surface area contributed by atoms with Crippen molar-refractivity contribution < 1.29 is 33.5 Å². The van der Waals surface area contributed by atoms with Gasteiger partial charge in [0, 0.05) is 18.9 Å². The maximum atomic E-state index is 12.8. The standard InChI is InChI=1S/C19H19N3O8/c1-27-5-6-29-17-9-14(22(25)26)12(8-16(17)28-2)19(24)20-11-3-4-15-13(7-11)21-18(23)10-30-15/h3-4,7-9H,5-6,10H2,1-2H3,(H,20,24)(H,21,23). The summed E-state index contributed by atoms with van der Waals surface area (Å²) in [5.74, 6) is -0.320. The predicted octanol–water partition coefficient (Wildman–Crippen LogP) is 2.21. The number of nitro benzene ring substituents is 1. The third-order valence-electron chi connectivity index (χ3n) is 4.14. The van der Waals surface area contributed by atoms with E-state index in [0.29, 0.717) is 17.1 Å². The van der Waals surface area contributed by atoms with Crippen LogP contribution in [0.15, 0.2) is 30.3 Å². The van der Waals surface area contributed by atoms with Gasteiger partial charge in [-0.25, -0.2) is 0 Å². The first-order valence-electron chi connectivity index (χ1n) is 8.79. The maximum Gasteiger partial charge on any atom is 0.286 e. The fourth-order valence-electron chi connectivity index (χ4n) is 2.75. The average Bonchev–Trinajstić information content (AvgIpc) is 2.73. The molecule has 0 aromatic heterocycles. The normalized spacial score (nSPS) is 12.3. The summed E-state index contributed by atoms with van der Waals surface area (Å²) in [5, 5.41) is 16.7. The fourth-order valence-corrected chi connectivity index (χ4v) is 2.75. The van der Waals surface area contributed by atoms with Crippen LogP contribution >= 0.6 is 0 Å². The van der Waals surface area contributed by atoms with Crippen molar-refractivity contribution >= 4 is 28.9 Å². The zero-order chi connectivity index (χ0) is 21.7. The lowest BCUT2D eigenvalue weighted by atomic mass is 10.1. The van der Waals surface area contributed by atoms with Crippen LogP contribution in [0.2, 0.25) is 0 Å². The van der Waals surface area contributed by atoms with E-state index >= 15 is 0 Å². The third-order valence-corrected chi connectivity index (χ3v) is 4.14. The summed E-state index contributed by atoms with van der Waals surface area (Å²) < 4.78 is 20.8. The smallest absolute Gasteiger partial charge is 0.286 e. The summed E-state index contributed by atoms with van der Waals surface area (Å²) in [5.41, 5.74) is 0.0421. The van der Waals surface area contributed by atoms with Crippen LogP contribution < -0.4 is 24.8 Å². The number of rotatable bonds is 8.